The lowest BCUT2D eigenvalue weighted by molar-refractivity contribution is -0.135. The molecule has 1 aromatic carbocycles. The van der Waals surface area contributed by atoms with Crippen LogP contribution in [0.4, 0.5) is 5.82 Å². The third kappa shape index (κ3) is 3.74. The molecule has 1 saturated carbocycles. The number of aromatic nitrogens is 1. The van der Waals surface area contributed by atoms with E-state index >= 15 is 0 Å². The normalized spacial score (nSPS) is 18.0. The van der Waals surface area contributed by atoms with E-state index < -0.39 is 0 Å². The SMILES string of the molecule is CN=C(NCc1cc(N(C)C)nc2ccccc12)N1CCN(C2CC2)C(=O)C1. The van der Waals surface area contributed by atoms with Crippen LogP contribution in [-0.2, 0) is 11.3 Å². The smallest absolute Gasteiger partial charge is 0.242 e. The first kappa shape index (κ1) is 18.5. The van der Waals surface area contributed by atoms with Crippen molar-refractivity contribution in [3.63, 3.8) is 0 Å². The van der Waals surface area contributed by atoms with Crippen molar-refractivity contribution in [2.45, 2.75) is 25.4 Å². The molecule has 0 radical (unpaired) electrons. The molecule has 2 aliphatic rings. The molecule has 0 unspecified atom stereocenters. The number of carbonyl (C=O) groups is 1. The van der Waals surface area contributed by atoms with Crippen LogP contribution in [0.25, 0.3) is 10.9 Å². The predicted molar refractivity (Wildman–Crippen MR) is 113 cm³/mol. The Bertz CT molecular complexity index is 905. The molecule has 2 fully saturated rings. The zero-order chi connectivity index (χ0) is 19.7. The summed E-state index contributed by atoms with van der Waals surface area (Å²) in [6.07, 6.45) is 2.31. The van der Waals surface area contributed by atoms with E-state index in [-0.39, 0.29) is 5.91 Å². The molecular weight excluding hydrogens is 352 g/mol. The first-order chi connectivity index (χ1) is 13.6. The number of hydrogen-bond acceptors (Lipinski definition) is 4. The standard InChI is InChI=1S/C21H28N6O/c1-22-21(26-10-11-27(16-8-9-16)20(28)14-26)23-13-15-12-19(25(2)3)24-18-7-5-4-6-17(15)18/h4-7,12,16H,8-11,13-14H2,1-3H3,(H,22,23). The number of pyridine rings is 1. The number of nitrogens with zero attached hydrogens (tertiary/aromatic N) is 5. The average molecular weight is 380 g/mol. The van der Waals surface area contributed by atoms with Crippen molar-refractivity contribution >= 4 is 28.6 Å². The number of guanidine groups is 1. The molecule has 2 aromatic rings. The van der Waals surface area contributed by atoms with Crippen molar-refractivity contribution < 1.29 is 4.79 Å². The van der Waals surface area contributed by atoms with E-state index in [0.717, 1.165) is 48.6 Å². The van der Waals surface area contributed by atoms with Crippen molar-refractivity contribution in [2.75, 3.05) is 45.7 Å². The summed E-state index contributed by atoms with van der Waals surface area (Å²) >= 11 is 0. The second kappa shape index (κ2) is 7.66. The first-order valence-corrected chi connectivity index (χ1v) is 9.88. The largest absolute Gasteiger partial charge is 0.363 e. The predicted octanol–water partition coefficient (Wildman–Crippen LogP) is 1.68. The summed E-state index contributed by atoms with van der Waals surface area (Å²) in [6.45, 7) is 2.64. The minimum Gasteiger partial charge on any atom is -0.363 e. The van der Waals surface area contributed by atoms with E-state index in [4.69, 9.17) is 4.98 Å². The molecule has 1 aliphatic heterocycles. The summed E-state index contributed by atoms with van der Waals surface area (Å²) < 4.78 is 0. The molecule has 0 bridgehead atoms. The Morgan fingerprint density at radius 2 is 2.07 bits per heavy atom. The van der Waals surface area contributed by atoms with Gasteiger partial charge in [0.25, 0.3) is 0 Å². The Kier molecular flexibility index (Phi) is 5.07. The fraction of sp³-hybridized carbons (Fsp3) is 0.476. The van der Waals surface area contributed by atoms with Crippen molar-refractivity contribution in [3.8, 4) is 0 Å². The van der Waals surface area contributed by atoms with E-state index in [1.165, 1.54) is 5.56 Å². The van der Waals surface area contributed by atoms with Crippen LogP contribution in [0.5, 0.6) is 0 Å². The van der Waals surface area contributed by atoms with Gasteiger partial charge < -0.3 is 20.0 Å². The summed E-state index contributed by atoms with van der Waals surface area (Å²) in [5.41, 5.74) is 2.15. The van der Waals surface area contributed by atoms with Gasteiger partial charge in [0, 0.05) is 52.2 Å². The van der Waals surface area contributed by atoms with Crippen LogP contribution in [0.1, 0.15) is 18.4 Å². The highest BCUT2D eigenvalue weighted by atomic mass is 16.2. The third-order valence-electron chi connectivity index (χ3n) is 5.44. The van der Waals surface area contributed by atoms with Gasteiger partial charge in [-0.25, -0.2) is 4.98 Å². The summed E-state index contributed by atoms with van der Waals surface area (Å²) in [4.78, 5) is 27.7. The van der Waals surface area contributed by atoms with Crippen molar-refractivity contribution in [1.82, 2.24) is 20.1 Å². The van der Waals surface area contributed by atoms with Crippen LogP contribution >= 0.6 is 0 Å². The Balaban J connectivity index is 1.49. The van der Waals surface area contributed by atoms with Gasteiger partial charge in [0.2, 0.25) is 5.91 Å². The van der Waals surface area contributed by atoms with Crippen LogP contribution in [-0.4, -0.2) is 73.5 Å². The molecule has 4 rings (SSSR count). The number of hydrogen-bond donors (Lipinski definition) is 1. The highest BCUT2D eigenvalue weighted by Gasteiger charge is 2.36. The van der Waals surface area contributed by atoms with Crippen LogP contribution in [0.15, 0.2) is 35.3 Å². The molecule has 28 heavy (non-hydrogen) atoms. The van der Waals surface area contributed by atoms with Gasteiger partial charge in [0.1, 0.15) is 5.82 Å². The van der Waals surface area contributed by atoms with E-state index in [1.807, 2.05) is 42.1 Å². The molecule has 1 amide bonds. The maximum absolute atomic E-state index is 12.5. The highest BCUT2D eigenvalue weighted by Crippen LogP contribution is 2.28. The molecule has 7 heteroatoms. The van der Waals surface area contributed by atoms with Gasteiger partial charge in [-0.1, -0.05) is 18.2 Å². The number of nitrogens with one attached hydrogen (secondary N) is 1. The fourth-order valence-electron chi connectivity index (χ4n) is 3.75. The average Bonchev–Trinajstić information content (AvgIpc) is 3.53. The van der Waals surface area contributed by atoms with E-state index in [9.17, 15) is 4.79 Å². The zero-order valence-corrected chi connectivity index (χ0v) is 16.9. The second-order valence-corrected chi connectivity index (χ2v) is 7.69. The Hall–Kier alpha value is -2.83. The Morgan fingerprint density at radius 3 is 2.75 bits per heavy atom. The van der Waals surface area contributed by atoms with Gasteiger partial charge in [-0.2, -0.15) is 0 Å². The van der Waals surface area contributed by atoms with Gasteiger partial charge >= 0.3 is 0 Å². The van der Waals surface area contributed by atoms with Gasteiger partial charge in [0.15, 0.2) is 5.96 Å². The van der Waals surface area contributed by atoms with Crippen molar-refractivity contribution in [2.24, 2.45) is 4.99 Å². The number of anilines is 1. The summed E-state index contributed by atoms with van der Waals surface area (Å²) in [5.74, 6) is 1.91. The summed E-state index contributed by atoms with van der Waals surface area (Å²) in [5, 5.41) is 4.58. The van der Waals surface area contributed by atoms with Gasteiger partial charge in [-0.05, 0) is 30.5 Å². The summed E-state index contributed by atoms with van der Waals surface area (Å²) in [6, 6.07) is 10.8. The molecule has 148 valence electrons. The Labute approximate surface area is 166 Å². The molecule has 1 aliphatic carbocycles. The van der Waals surface area contributed by atoms with Crippen LogP contribution < -0.4 is 10.2 Å². The molecule has 1 aromatic heterocycles. The molecule has 0 spiro atoms. The first-order valence-electron chi connectivity index (χ1n) is 9.88. The maximum Gasteiger partial charge on any atom is 0.242 e. The van der Waals surface area contributed by atoms with Crippen LogP contribution in [0.3, 0.4) is 0 Å². The lowest BCUT2D eigenvalue weighted by Gasteiger charge is -2.36. The number of piperazine rings is 1. The monoisotopic (exact) mass is 380 g/mol. The van der Waals surface area contributed by atoms with E-state index in [0.29, 0.717) is 19.1 Å². The summed E-state index contributed by atoms with van der Waals surface area (Å²) in [7, 11) is 5.77. The van der Waals surface area contributed by atoms with Crippen LogP contribution in [0, 0.1) is 0 Å². The second-order valence-electron chi connectivity index (χ2n) is 7.69. The number of para-hydroxylation sites is 1. The van der Waals surface area contributed by atoms with E-state index in [1.54, 1.807) is 7.05 Å². The Morgan fingerprint density at radius 1 is 1.29 bits per heavy atom. The number of aliphatic imine (C=N–C) groups is 1. The number of amides is 1. The molecular formula is C21H28N6O. The molecule has 0 atom stereocenters. The number of fused-ring (bicyclic) bond motifs is 1. The lowest BCUT2D eigenvalue weighted by Crippen LogP contribution is -2.55. The minimum atomic E-state index is 0.209. The minimum absolute atomic E-state index is 0.209. The molecule has 1 N–H and O–H groups in total. The molecule has 2 heterocycles. The zero-order valence-electron chi connectivity index (χ0n) is 16.9. The highest BCUT2D eigenvalue weighted by molar-refractivity contribution is 5.89. The van der Waals surface area contributed by atoms with Crippen LogP contribution in [0.2, 0.25) is 0 Å². The topological polar surface area (TPSA) is 64.1 Å². The van der Waals surface area contributed by atoms with E-state index in [2.05, 4.69) is 27.3 Å². The number of benzene rings is 1. The lowest BCUT2D eigenvalue weighted by atomic mass is 10.1. The fourth-order valence-corrected chi connectivity index (χ4v) is 3.75. The third-order valence-corrected chi connectivity index (χ3v) is 5.44. The van der Waals surface area contributed by atoms with Gasteiger partial charge in [0.05, 0.1) is 12.1 Å². The number of carbonyl (C=O) groups excluding carboxylic acids is 1. The number of rotatable bonds is 4. The molecule has 1 saturated heterocycles. The van der Waals surface area contributed by atoms with Gasteiger partial charge in [-0.15, -0.1) is 0 Å². The molecule has 7 nitrogen and oxygen atoms in total. The quantitative estimate of drug-likeness (QED) is 0.646. The maximum atomic E-state index is 12.5. The van der Waals surface area contributed by atoms with Crippen molar-refractivity contribution in [3.05, 3.63) is 35.9 Å². The van der Waals surface area contributed by atoms with Crippen molar-refractivity contribution in [1.29, 1.82) is 0 Å². The van der Waals surface area contributed by atoms with Gasteiger partial charge in [-0.3, -0.25) is 9.79 Å².